The summed E-state index contributed by atoms with van der Waals surface area (Å²) in [6.45, 7) is 1.71. The molecule has 0 saturated carbocycles. The van der Waals surface area contributed by atoms with Crippen LogP contribution < -0.4 is 5.32 Å². The van der Waals surface area contributed by atoms with Gasteiger partial charge in [0.25, 0.3) is 5.91 Å². The fourth-order valence-corrected chi connectivity index (χ4v) is 4.07. The van der Waals surface area contributed by atoms with Crippen LogP contribution in [-0.4, -0.2) is 27.9 Å². The Balaban J connectivity index is 1.45. The molecule has 38 heavy (non-hydrogen) atoms. The minimum Gasteiger partial charge on any atom is -0.449 e. The number of rotatable bonds is 7. The van der Waals surface area contributed by atoms with Gasteiger partial charge in [0.15, 0.2) is 6.10 Å². The predicted molar refractivity (Wildman–Crippen MR) is 145 cm³/mol. The van der Waals surface area contributed by atoms with Gasteiger partial charge in [0, 0.05) is 11.1 Å². The molecule has 1 aromatic heterocycles. The predicted octanol–water partition coefficient (Wildman–Crippen LogP) is 6.68. The summed E-state index contributed by atoms with van der Waals surface area (Å²) in [5.74, 6) is -1.86. The number of aromatic nitrogens is 2. The molecule has 4 aromatic carbocycles. The quantitative estimate of drug-likeness (QED) is 0.250. The summed E-state index contributed by atoms with van der Waals surface area (Å²) in [6, 6.07) is 30.2. The summed E-state index contributed by atoms with van der Waals surface area (Å²) >= 11 is 0. The molecule has 6 nitrogen and oxygen atoms in total. The van der Waals surface area contributed by atoms with Crippen molar-refractivity contribution in [2.24, 2.45) is 0 Å². The SMILES string of the molecule is CCC(OC(=O)c1ccc2nc(-c3ccccc3)c(-c3ccccc3)nc2c1)C(=O)Nc1ccccc1F. The number of benzene rings is 4. The molecule has 0 spiro atoms. The number of nitrogens with one attached hydrogen (secondary N) is 1. The molecule has 188 valence electrons. The molecule has 0 aliphatic heterocycles. The second-order valence-corrected chi connectivity index (χ2v) is 8.63. The van der Waals surface area contributed by atoms with Crippen molar-refractivity contribution in [3.8, 4) is 22.5 Å². The summed E-state index contributed by atoms with van der Waals surface area (Å²) in [5.41, 5.74) is 4.62. The highest BCUT2D eigenvalue weighted by molar-refractivity contribution is 5.99. The standard InChI is InChI=1S/C31H24FN3O3/c1-2-27(30(36)35-24-16-10-9-15-23(24)32)38-31(37)22-17-18-25-26(19-22)34-29(21-13-7-4-8-14-21)28(33-25)20-11-5-3-6-12-20/h3-19,27H,2H2,1H3,(H,35,36). The van der Waals surface area contributed by atoms with Gasteiger partial charge in [-0.2, -0.15) is 0 Å². The summed E-state index contributed by atoms with van der Waals surface area (Å²) < 4.78 is 19.4. The number of hydrogen-bond donors (Lipinski definition) is 1. The van der Waals surface area contributed by atoms with E-state index in [-0.39, 0.29) is 17.7 Å². The Hall–Kier alpha value is -4.91. The smallest absolute Gasteiger partial charge is 0.338 e. The summed E-state index contributed by atoms with van der Waals surface area (Å²) in [6.07, 6.45) is -0.873. The Kier molecular flexibility index (Phi) is 7.17. The summed E-state index contributed by atoms with van der Waals surface area (Å²) in [7, 11) is 0. The fourth-order valence-electron chi connectivity index (χ4n) is 4.07. The maximum absolute atomic E-state index is 13.9. The second-order valence-electron chi connectivity index (χ2n) is 8.63. The molecule has 0 fully saturated rings. The van der Waals surface area contributed by atoms with Gasteiger partial charge in [0.2, 0.25) is 0 Å². The van der Waals surface area contributed by atoms with Crippen molar-refractivity contribution in [3.05, 3.63) is 115 Å². The largest absolute Gasteiger partial charge is 0.449 e. The number of para-hydroxylation sites is 1. The van der Waals surface area contributed by atoms with E-state index in [4.69, 9.17) is 14.7 Å². The normalized spacial score (nSPS) is 11.6. The van der Waals surface area contributed by atoms with Crippen LogP contribution in [0.2, 0.25) is 0 Å². The number of halogens is 1. The molecular formula is C31H24FN3O3. The maximum atomic E-state index is 13.9. The highest BCUT2D eigenvalue weighted by Crippen LogP contribution is 2.31. The van der Waals surface area contributed by atoms with Gasteiger partial charge in [-0.25, -0.2) is 19.2 Å². The number of esters is 1. The number of carbonyl (C=O) groups excluding carboxylic acids is 2. The molecule has 1 heterocycles. The van der Waals surface area contributed by atoms with Crippen LogP contribution in [0.25, 0.3) is 33.5 Å². The summed E-state index contributed by atoms with van der Waals surface area (Å²) in [5, 5.41) is 2.48. The number of ether oxygens (including phenoxy) is 1. The average Bonchev–Trinajstić information content (AvgIpc) is 2.96. The number of amides is 1. The Morgan fingerprint density at radius 2 is 1.37 bits per heavy atom. The maximum Gasteiger partial charge on any atom is 0.338 e. The van der Waals surface area contributed by atoms with Gasteiger partial charge in [-0.3, -0.25) is 4.79 Å². The van der Waals surface area contributed by atoms with Gasteiger partial charge in [-0.05, 0) is 36.8 Å². The molecular weight excluding hydrogens is 481 g/mol. The van der Waals surface area contributed by atoms with E-state index in [0.717, 1.165) is 16.8 Å². The molecule has 0 saturated heterocycles. The Morgan fingerprint density at radius 1 is 0.789 bits per heavy atom. The zero-order valence-electron chi connectivity index (χ0n) is 20.6. The topological polar surface area (TPSA) is 81.2 Å². The fraction of sp³-hybridized carbons (Fsp3) is 0.0968. The van der Waals surface area contributed by atoms with Crippen molar-refractivity contribution in [1.82, 2.24) is 9.97 Å². The van der Waals surface area contributed by atoms with Gasteiger partial charge < -0.3 is 10.1 Å². The first-order valence-corrected chi connectivity index (χ1v) is 12.2. The lowest BCUT2D eigenvalue weighted by Crippen LogP contribution is -2.32. The lowest BCUT2D eigenvalue weighted by atomic mass is 10.0. The molecule has 0 aliphatic rings. The third kappa shape index (κ3) is 5.27. The Bertz CT molecular complexity index is 1610. The highest BCUT2D eigenvalue weighted by atomic mass is 19.1. The van der Waals surface area contributed by atoms with Crippen LogP contribution in [-0.2, 0) is 9.53 Å². The van der Waals surface area contributed by atoms with Crippen LogP contribution in [0, 0.1) is 5.82 Å². The van der Waals surface area contributed by atoms with Crippen LogP contribution >= 0.6 is 0 Å². The van der Waals surface area contributed by atoms with Crippen molar-refractivity contribution >= 4 is 28.6 Å². The van der Waals surface area contributed by atoms with Crippen molar-refractivity contribution in [1.29, 1.82) is 0 Å². The zero-order valence-corrected chi connectivity index (χ0v) is 20.6. The number of nitrogens with zero attached hydrogens (tertiary/aromatic N) is 2. The monoisotopic (exact) mass is 505 g/mol. The van der Waals surface area contributed by atoms with Crippen LogP contribution in [0.15, 0.2) is 103 Å². The molecule has 0 bridgehead atoms. The van der Waals surface area contributed by atoms with E-state index < -0.39 is 23.8 Å². The molecule has 1 amide bonds. The van der Waals surface area contributed by atoms with E-state index in [1.54, 1.807) is 31.2 Å². The number of hydrogen-bond acceptors (Lipinski definition) is 5. The minimum atomic E-state index is -1.09. The van der Waals surface area contributed by atoms with Gasteiger partial charge in [0.05, 0.1) is 33.7 Å². The number of carbonyl (C=O) groups is 2. The molecule has 7 heteroatoms. The molecule has 1 atom stereocenters. The van der Waals surface area contributed by atoms with E-state index in [1.807, 2.05) is 60.7 Å². The molecule has 5 rings (SSSR count). The summed E-state index contributed by atoms with van der Waals surface area (Å²) in [4.78, 5) is 35.4. The first-order valence-electron chi connectivity index (χ1n) is 12.2. The second kappa shape index (κ2) is 11.0. The first-order chi connectivity index (χ1) is 18.5. The lowest BCUT2D eigenvalue weighted by Gasteiger charge is -2.16. The third-order valence-corrected chi connectivity index (χ3v) is 6.04. The van der Waals surface area contributed by atoms with Gasteiger partial charge >= 0.3 is 5.97 Å². The van der Waals surface area contributed by atoms with Crippen molar-refractivity contribution in [2.75, 3.05) is 5.32 Å². The molecule has 0 aliphatic carbocycles. The van der Waals surface area contributed by atoms with E-state index in [2.05, 4.69) is 5.32 Å². The van der Waals surface area contributed by atoms with Crippen LogP contribution in [0.5, 0.6) is 0 Å². The van der Waals surface area contributed by atoms with Crippen molar-refractivity contribution in [2.45, 2.75) is 19.4 Å². The first kappa shape index (κ1) is 24.8. The Labute approximate surface area is 219 Å². The molecule has 0 radical (unpaired) electrons. The lowest BCUT2D eigenvalue weighted by molar-refractivity contribution is -0.124. The van der Waals surface area contributed by atoms with E-state index >= 15 is 0 Å². The minimum absolute atomic E-state index is 0.0237. The highest BCUT2D eigenvalue weighted by Gasteiger charge is 2.23. The van der Waals surface area contributed by atoms with Crippen LogP contribution in [0.3, 0.4) is 0 Å². The zero-order chi connectivity index (χ0) is 26.5. The number of anilines is 1. The average molecular weight is 506 g/mol. The van der Waals surface area contributed by atoms with E-state index in [0.29, 0.717) is 16.7 Å². The van der Waals surface area contributed by atoms with Crippen molar-refractivity contribution in [3.63, 3.8) is 0 Å². The van der Waals surface area contributed by atoms with Gasteiger partial charge in [-0.15, -0.1) is 0 Å². The van der Waals surface area contributed by atoms with Crippen molar-refractivity contribution < 1.29 is 18.7 Å². The number of fused-ring (bicyclic) bond motifs is 1. The van der Waals surface area contributed by atoms with E-state index in [1.165, 1.54) is 18.2 Å². The molecule has 1 unspecified atom stereocenters. The molecule has 1 N–H and O–H groups in total. The Morgan fingerprint density at radius 3 is 1.97 bits per heavy atom. The van der Waals surface area contributed by atoms with Gasteiger partial charge in [0.1, 0.15) is 5.82 Å². The molecule has 5 aromatic rings. The van der Waals surface area contributed by atoms with E-state index in [9.17, 15) is 14.0 Å². The van der Waals surface area contributed by atoms with Crippen LogP contribution in [0.4, 0.5) is 10.1 Å². The van der Waals surface area contributed by atoms with Gasteiger partial charge in [-0.1, -0.05) is 79.7 Å². The third-order valence-electron chi connectivity index (χ3n) is 6.04. The van der Waals surface area contributed by atoms with Crippen LogP contribution in [0.1, 0.15) is 23.7 Å².